The molecule has 1 heterocycles. The molecule has 0 atom stereocenters. The first kappa shape index (κ1) is 27.5. The van der Waals surface area contributed by atoms with Crippen molar-refractivity contribution in [2.45, 2.75) is 55.4 Å². The predicted octanol–water partition coefficient (Wildman–Crippen LogP) is 8.69. The summed E-state index contributed by atoms with van der Waals surface area (Å²) >= 11 is 12.6. The summed E-state index contributed by atoms with van der Waals surface area (Å²) in [5.41, 5.74) is 8.32. The van der Waals surface area contributed by atoms with Gasteiger partial charge in [-0.3, -0.25) is 9.98 Å². The summed E-state index contributed by atoms with van der Waals surface area (Å²) in [5.74, 6) is 0. The van der Waals surface area contributed by atoms with E-state index in [1.807, 2.05) is 79.7 Å². The molecule has 0 aliphatic carbocycles. The van der Waals surface area contributed by atoms with E-state index in [1.165, 1.54) is 0 Å². The molecule has 170 valence electrons. The van der Waals surface area contributed by atoms with Gasteiger partial charge in [0.15, 0.2) is 0 Å². The third kappa shape index (κ3) is 7.29. The number of hydrogen-bond acceptors (Lipinski definition) is 3. The maximum Gasteiger partial charge on any atom is 0.0849 e. The maximum atomic E-state index is 6.32. The zero-order valence-corrected chi connectivity index (χ0v) is 21.9. The molecule has 0 aliphatic rings. The van der Waals surface area contributed by atoms with Crippen LogP contribution in [0.25, 0.3) is 0 Å². The zero-order valence-electron chi connectivity index (χ0n) is 20.4. The van der Waals surface area contributed by atoms with Crippen molar-refractivity contribution in [2.24, 2.45) is 9.98 Å². The molecule has 0 spiro atoms. The largest absolute Gasteiger partial charge is 0.251 e. The first-order valence-electron chi connectivity index (χ1n) is 10.4. The summed E-state index contributed by atoms with van der Waals surface area (Å²) in [6.45, 7) is 23.4. The van der Waals surface area contributed by atoms with Gasteiger partial charge in [0.05, 0.1) is 34.2 Å². The van der Waals surface area contributed by atoms with E-state index in [-0.39, 0.29) is 0 Å². The van der Waals surface area contributed by atoms with E-state index in [0.717, 1.165) is 56.5 Å². The average molecular weight is 470 g/mol. The van der Waals surface area contributed by atoms with Crippen LogP contribution in [0.2, 0.25) is 0 Å². The highest BCUT2D eigenvalue weighted by atomic mass is 35.5. The highest BCUT2D eigenvalue weighted by molar-refractivity contribution is 6.32. The van der Waals surface area contributed by atoms with Crippen molar-refractivity contribution in [1.29, 1.82) is 0 Å². The van der Waals surface area contributed by atoms with Gasteiger partial charge in [0.1, 0.15) is 0 Å². The third-order valence-electron chi connectivity index (χ3n) is 4.79. The number of aliphatic imine (C=N–C) groups is 2. The summed E-state index contributed by atoms with van der Waals surface area (Å²) in [4.78, 5) is 14.4. The second-order valence-electron chi connectivity index (χ2n) is 7.72. The Balaban J connectivity index is 3.53. The fourth-order valence-corrected chi connectivity index (χ4v) is 3.13. The number of rotatable bonds is 8. The standard InChI is InChI=1S/C27H33Cl2N3/c1-11-22(28)18(7)26(16(3)4)30-20(9)24-14-13-15-25(32-24)21(10)31-27(17(5)6)19(8)23(29)12-2/h11-15H,1,5H2,2-4,6-10H3/b22-18+,23-12+,27-19+,30-20?,31-21?. The maximum absolute atomic E-state index is 6.32. The smallest absolute Gasteiger partial charge is 0.0849 e. The van der Waals surface area contributed by atoms with Crippen LogP contribution >= 0.6 is 23.2 Å². The molecule has 0 saturated heterocycles. The van der Waals surface area contributed by atoms with Crippen LogP contribution in [0.1, 0.15) is 66.8 Å². The van der Waals surface area contributed by atoms with Gasteiger partial charge in [-0.05, 0) is 84.2 Å². The second kappa shape index (κ2) is 12.5. The number of allylic oxidation sites excluding steroid dienone is 8. The highest BCUT2D eigenvalue weighted by Crippen LogP contribution is 2.25. The molecule has 0 bridgehead atoms. The summed E-state index contributed by atoms with van der Waals surface area (Å²) < 4.78 is 0. The Morgan fingerprint density at radius 1 is 0.875 bits per heavy atom. The normalized spacial score (nSPS) is 14.5. The molecule has 1 aromatic rings. The molecule has 32 heavy (non-hydrogen) atoms. The van der Waals surface area contributed by atoms with E-state index < -0.39 is 0 Å². The van der Waals surface area contributed by atoms with Crippen LogP contribution in [0, 0.1) is 0 Å². The molecule has 1 aromatic heterocycles. The van der Waals surface area contributed by atoms with Crippen LogP contribution in [0.3, 0.4) is 0 Å². The average Bonchev–Trinajstić information content (AvgIpc) is 2.78. The minimum Gasteiger partial charge on any atom is -0.251 e. The molecule has 0 aliphatic heterocycles. The fraction of sp³-hybridized carbons (Fsp3) is 0.296. The lowest BCUT2D eigenvalue weighted by Gasteiger charge is -2.11. The molecular formula is C27H33Cl2N3. The van der Waals surface area contributed by atoms with Gasteiger partial charge in [0.2, 0.25) is 0 Å². The molecule has 0 unspecified atom stereocenters. The Morgan fingerprint density at radius 2 is 1.38 bits per heavy atom. The summed E-state index contributed by atoms with van der Waals surface area (Å²) in [6, 6.07) is 5.82. The lowest BCUT2D eigenvalue weighted by molar-refractivity contribution is 1.16. The minimum absolute atomic E-state index is 0.580. The van der Waals surface area contributed by atoms with Crippen molar-refractivity contribution in [3.8, 4) is 0 Å². The summed E-state index contributed by atoms with van der Waals surface area (Å²) in [6.07, 6.45) is 3.47. The van der Waals surface area contributed by atoms with Gasteiger partial charge in [-0.1, -0.05) is 60.2 Å². The van der Waals surface area contributed by atoms with E-state index in [4.69, 9.17) is 38.2 Å². The molecule has 0 fully saturated rings. The van der Waals surface area contributed by atoms with E-state index in [0.29, 0.717) is 10.1 Å². The SMILES string of the molecule is C=C/C(Cl)=C(/C)C(N=C(C)c1cccc(C(C)=N/C(C(=C)C)=C(C)/C(Cl)=C\C)n1)=C(C)C. The molecule has 0 saturated carbocycles. The number of hydrogen-bond donors (Lipinski definition) is 0. The molecule has 0 N–H and O–H groups in total. The van der Waals surface area contributed by atoms with Crippen molar-refractivity contribution in [3.63, 3.8) is 0 Å². The number of halogens is 2. The molecule has 1 rings (SSSR count). The topological polar surface area (TPSA) is 37.6 Å². The summed E-state index contributed by atoms with van der Waals surface area (Å²) in [5, 5.41) is 1.23. The van der Waals surface area contributed by atoms with Gasteiger partial charge in [-0.15, -0.1) is 0 Å². The molecule has 5 heteroatoms. The van der Waals surface area contributed by atoms with Crippen LogP contribution in [-0.2, 0) is 0 Å². The van der Waals surface area contributed by atoms with Gasteiger partial charge < -0.3 is 0 Å². The third-order valence-corrected chi connectivity index (χ3v) is 5.73. The molecule has 0 aromatic carbocycles. The van der Waals surface area contributed by atoms with E-state index >= 15 is 0 Å². The minimum atomic E-state index is 0.580. The van der Waals surface area contributed by atoms with E-state index in [2.05, 4.69) is 13.2 Å². The Hall–Kier alpha value is -2.49. The van der Waals surface area contributed by atoms with Gasteiger partial charge in [0, 0.05) is 10.1 Å². The van der Waals surface area contributed by atoms with E-state index in [9.17, 15) is 0 Å². The van der Waals surface area contributed by atoms with Crippen LogP contribution < -0.4 is 0 Å². The van der Waals surface area contributed by atoms with Crippen LogP contribution in [0.15, 0.2) is 97.2 Å². The number of aromatic nitrogens is 1. The van der Waals surface area contributed by atoms with Gasteiger partial charge in [-0.2, -0.15) is 0 Å². The number of pyridine rings is 1. The fourth-order valence-electron chi connectivity index (χ4n) is 2.95. The van der Waals surface area contributed by atoms with Crippen LogP contribution in [-0.4, -0.2) is 16.4 Å². The van der Waals surface area contributed by atoms with Crippen molar-refractivity contribution >= 4 is 34.6 Å². The number of nitrogens with zero attached hydrogens (tertiary/aromatic N) is 3. The van der Waals surface area contributed by atoms with Gasteiger partial charge in [-0.25, -0.2) is 4.98 Å². The van der Waals surface area contributed by atoms with Crippen molar-refractivity contribution in [3.05, 3.63) is 98.6 Å². The first-order valence-corrected chi connectivity index (χ1v) is 11.1. The second-order valence-corrected chi connectivity index (χ2v) is 8.53. The van der Waals surface area contributed by atoms with Crippen LogP contribution in [0.5, 0.6) is 0 Å². The molecule has 0 radical (unpaired) electrons. The van der Waals surface area contributed by atoms with Crippen molar-refractivity contribution in [1.82, 2.24) is 4.98 Å². The predicted molar refractivity (Wildman–Crippen MR) is 143 cm³/mol. The van der Waals surface area contributed by atoms with Crippen LogP contribution in [0.4, 0.5) is 0 Å². The van der Waals surface area contributed by atoms with E-state index in [1.54, 1.807) is 6.08 Å². The van der Waals surface area contributed by atoms with Crippen molar-refractivity contribution in [2.75, 3.05) is 0 Å². The quantitative estimate of drug-likeness (QED) is 0.277. The lowest BCUT2D eigenvalue weighted by Crippen LogP contribution is -2.07. The van der Waals surface area contributed by atoms with Gasteiger partial charge >= 0.3 is 0 Å². The molecule has 0 amide bonds. The monoisotopic (exact) mass is 469 g/mol. The van der Waals surface area contributed by atoms with Gasteiger partial charge in [0.25, 0.3) is 0 Å². The first-order chi connectivity index (χ1) is 14.9. The Labute approximate surface area is 203 Å². The molecule has 3 nitrogen and oxygen atoms in total. The Bertz CT molecular complexity index is 1090. The highest BCUT2D eigenvalue weighted by Gasteiger charge is 2.11. The zero-order chi connectivity index (χ0) is 24.6. The van der Waals surface area contributed by atoms with Crippen molar-refractivity contribution < 1.29 is 0 Å². The Kier molecular flexibility index (Phi) is 10.8. The summed E-state index contributed by atoms with van der Waals surface area (Å²) in [7, 11) is 0. The lowest BCUT2D eigenvalue weighted by atomic mass is 10.1. The molecular weight excluding hydrogens is 437 g/mol. The Morgan fingerprint density at radius 3 is 1.78 bits per heavy atom.